The summed E-state index contributed by atoms with van der Waals surface area (Å²) in [6, 6.07) is 19.7. The molecule has 34 heavy (non-hydrogen) atoms. The fourth-order valence-electron chi connectivity index (χ4n) is 3.69. The van der Waals surface area contributed by atoms with E-state index in [9.17, 15) is 9.59 Å². The molecule has 1 N–H and O–H groups in total. The molecule has 0 heterocycles. The van der Waals surface area contributed by atoms with Gasteiger partial charge in [-0.1, -0.05) is 54.4 Å². The molecule has 0 spiro atoms. The van der Waals surface area contributed by atoms with Crippen molar-refractivity contribution in [3.8, 4) is 0 Å². The molecule has 0 unspecified atom stereocenters. The number of hydrogen-bond donors (Lipinski definition) is 1. The molecule has 1 atom stereocenters. The Labute approximate surface area is 211 Å². The summed E-state index contributed by atoms with van der Waals surface area (Å²) in [6.45, 7) is 4.43. The molecular formula is C27H29Cl2N3O2. The average molecular weight is 498 g/mol. The van der Waals surface area contributed by atoms with Crippen molar-refractivity contribution in [2.75, 3.05) is 24.3 Å². The number of nitrogens with one attached hydrogen (secondary N) is 1. The second kappa shape index (κ2) is 11.4. The number of carbonyl (C=O) groups is 2. The van der Waals surface area contributed by atoms with E-state index in [1.165, 1.54) is 0 Å². The molecule has 0 fully saturated rings. The van der Waals surface area contributed by atoms with Gasteiger partial charge in [-0.2, -0.15) is 0 Å². The fourth-order valence-corrected chi connectivity index (χ4v) is 4.13. The first kappa shape index (κ1) is 25.6. The summed E-state index contributed by atoms with van der Waals surface area (Å²) < 4.78 is 0. The number of amides is 2. The van der Waals surface area contributed by atoms with E-state index in [1.807, 2.05) is 68.1 Å². The van der Waals surface area contributed by atoms with E-state index < -0.39 is 0 Å². The van der Waals surface area contributed by atoms with Gasteiger partial charge in [0.1, 0.15) is 0 Å². The molecule has 5 nitrogen and oxygen atoms in total. The van der Waals surface area contributed by atoms with Gasteiger partial charge in [-0.15, -0.1) is 0 Å². The third-order valence-corrected chi connectivity index (χ3v) is 6.43. The van der Waals surface area contributed by atoms with Crippen LogP contribution in [0, 0.1) is 0 Å². The number of hydrogen-bond acceptors (Lipinski definition) is 3. The highest BCUT2D eigenvalue weighted by molar-refractivity contribution is 6.34. The Morgan fingerprint density at radius 3 is 2.06 bits per heavy atom. The van der Waals surface area contributed by atoms with Gasteiger partial charge in [-0.3, -0.25) is 9.59 Å². The number of rotatable bonds is 8. The zero-order chi connectivity index (χ0) is 24.8. The summed E-state index contributed by atoms with van der Waals surface area (Å²) in [4.78, 5) is 30.1. The van der Waals surface area contributed by atoms with E-state index in [0.717, 1.165) is 17.7 Å². The van der Waals surface area contributed by atoms with E-state index >= 15 is 0 Å². The lowest BCUT2D eigenvalue weighted by molar-refractivity contribution is 0.0672. The lowest BCUT2D eigenvalue weighted by Gasteiger charge is -2.31. The molecule has 178 valence electrons. The first-order chi connectivity index (χ1) is 16.2. The Morgan fingerprint density at radius 1 is 0.912 bits per heavy atom. The average Bonchev–Trinajstić information content (AvgIpc) is 2.82. The highest BCUT2D eigenvalue weighted by Crippen LogP contribution is 2.28. The Kier molecular flexibility index (Phi) is 8.59. The summed E-state index contributed by atoms with van der Waals surface area (Å²) in [5, 5.41) is 3.74. The Balaban J connectivity index is 1.95. The van der Waals surface area contributed by atoms with Gasteiger partial charge < -0.3 is 15.1 Å². The van der Waals surface area contributed by atoms with Gasteiger partial charge in [0.2, 0.25) is 0 Å². The molecule has 0 saturated carbocycles. The predicted octanol–water partition coefficient (Wildman–Crippen LogP) is 6.75. The van der Waals surface area contributed by atoms with Gasteiger partial charge >= 0.3 is 0 Å². The second-order valence-electron chi connectivity index (χ2n) is 8.34. The van der Waals surface area contributed by atoms with Gasteiger partial charge in [-0.25, -0.2) is 0 Å². The molecule has 7 heteroatoms. The van der Waals surface area contributed by atoms with Crippen molar-refractivity contribution < 1.29 is 9.59 Å². The quantitative estimate of drug-likeness (QED) is 0.374. The molecule has 0 aliphatic rings. The Morgan fingerprint density at radius 2 is 1.50 bits per heavy atom. The molecule has 0 aliphatic heterocycles. The van der Waals surface area contributed by atoms with Crippen LogP contribution in [-0.2, 0) is 6.54 Å². The van der Waals surface area contributed by atoms with Crippen molar-refractivity contribution in [3.63, 3.8) is 0 Å². The number of nitrogens with zero attached hydrogens (tertiary/aromatic N) is 2. The van der Waals surface area contributed by atoms with Crippen LogP contribution in [-0.4, -0.2) is 36.9 Å². The van der Waals surface area contributed by atoms with Gasteiger partial charge in [-0.05, 0) is 61.4 Å². The van der Waals surface area contributed by atoms with Crippen molar-refractivity contribution in [1.82, 2.24) is 4.90 Å². The van der Waals surface area contributed by atoms with Crippen molar-refractivity contribution in [2.45, 2.75) is 32.9 Å². The minimum Gasteiger partial charge on any atom is -0.377 e. The number of halogens is 2. The highest BCUT2D eigenvalue weighted by Gasteiger charge is 2.24. The number of anilines is 2. The molecular weight excluding hydrogens is 469 g/mol. The van der Waals surface area contributed by atoms with Crippen LogP contribution in [0.5, 0.6) is 0 Å². The number of benzene rings is 3. The molecule has 2 amide bonds. The maximum absolute atomic E-state index is 13.5. The zero-order valence-corrected chi connectivity index (χ0v) is 21.3. The van der Waals surface area contributed by atoms with Crippen LogP contribution in [0.15, 0.2) is 66.7 Å². The lowest BCUT2D eigenvalue weighted by Crippen LogP contribution is -2.38. The Bertz CT molecular complexity index is 1180. The summed E-state index contributed by atoms with van der Waals surface area (Å²) in [7, 11) is 3.90. The van der Waals surface area contributed by atoms with Gasteiger partial charge in [0.25, 0.3) is 11.8 Å². The standard InChI is InChI=1S/C27H29Cl2N3O2/c1-5-18(2)32(27(34)22-11-7-9-13-24(22)29)17-19-16-20(14-15-25(19)31(3)4)30-26(33)21-10-6-8-12-23(21)28/h6-16,18H,5,17H2,1-4H3,(H,30,33)/t18-/m1/s1. The largest absolute Gasteiger partial charge is 0.377 e. The normalized spacial score (nSPS) is 11.6. The van der Waals surface area contributed by atoms with Crippen LogP contribution >= 0.6 is 23.2 Å². The lowest BCUT2D eigenvalue weighted by atomic mass is 10.1. The van der Waals surface area contributed by atoms with E-state index in [1.54, 1.807) is 36.4 Å². The van der Waals surface area contributed by atoms with Gasteiger partial charge in [0.05, 0.1) is 21.2 Å². The molecule has 3 aromatic rings. The predicted molar refractivity (Wildman–Crippen MR) is 141 cm³/mol. The van der Waals surface area contributed by atoms with Crippen LogP contribution in [0.25, 0.3) is 0 Å². The van der Waals surface area contributed by atoms with Crippen molar-refractivity contribution >= 4 is 46.4 Å². The summed E-state index contributed by atoms with van der Waals surface area (Å²) >= 11 is 12.5. The van der Waals surface area contributed by atoms with Crippen LogP contribution in [0.3, 0.4) is 0 Å². The second-order valence-corrected chi connectivity index (χ2v) is 9.16. The summed E-state index contributed by atoms with van der Waals surface area (Å²) in [6.07, 6.45) is 0.788. The molecule has 0 radical (unpaired) electrons. The maximum atomic E-state index is 13.5. The van der Waals surface area contributed by atoms with E-state index in [-0.39, 0.29) is 17.9 Å². The third-order valence-electron chi connectivity index (χ3n) is 5.77. The molecule has 0 aromatic heterocycles. The minimum absolute atomic E-state index is 0.0137. The zero-order valence-electron chi connectivity index (χ0n) is 19.8. The Hall–Kier alpha value is -3.02. The molecule has 3 aromatic carbocycles. The number of carbonyl (C=O) groups excluding carboxylic acids is 2. The first-order valence-corrected chi connectivity index (χ1v) is 11.9. The fraction of sp³-hybridized carbons (Fsp3) is 0.259. The SMILES string of the molecule is CC[C@@H](C)N(Cc1cc(NC(=O)c2ccccc2Cl)ccc1N(C)C)C(=O)c1ccccc1Cl. The topological polar surface area (TPSA) is 52.7 Å². The van der Waals surface area contributed by atoms with Crippen molar-refractivity contribution in [3.05, 3.63) is 93.5 Å². The minimum atomic E-state index is -0.292. The first-order valence-electron chi connectivity index (χ1n) is 11.1. The van der Waals surface area contributed by atoms with Crippen LogP contribution in [0.4, 0.5) is 11.4 Å². The van der Waals surface area contributed by atoms with Crippen LogP contribution in [0.1, 0.15) is 46.5 Å². The van der Waals surface area contributed by atoms with Crippen molar-refractivity contribution in [1.29, 1.82) is 0 Å². The van der Waals surface area contributed by atoms with Gasteiger partial charge in [0, 0.05) is 38.1 Å². The molecule has 0 saturated heterocycles. The van der Waals surface area contributed by atoms with E-state index in [4.69, 9.17) is 23.2 Å². The monoisotopic (exact) mass is 497 g/mol. The molecule has 0 bridgehead atoms. The van der Waals surface area contributed by atoms with Crippen LogP contribution in [0.2, 0.25) is 10.0 Å². The molecule has 0 aliphatic carbocycles. The third kappa shape index (κ3) is 5.91. The smallest absolute Gasteiger partial charge is 0.257 e. The maximum Gasteiger partial charge on any atom is 0.257 e. The van der Waals surface area contributed by atoms with E-state index in [0.29, 0.717) is 33.4 Å². The summed E-state index contributed by atoms with van der Waals surface area (Å²) in [5.41, 5.74) is 3.36. The summed E-state index contributed by atoms with van der Waals surface area (Å²) in [5.74, 6) is -0.421. The van der Waals surface area contributed by atoms with E-state index in [2.05, 4.69) is 5.32 Å². The van der Waals surface area contributed by atoms with Gasteiger partial charge in [0.15, 0.2) is 0 Å². The van der Waals surface area contributed by atoms with Crippen LogP contribution < -0.4 is 10.2 Å². The highest BCUT2D eigenvalue weighted by atomic mass is 35.5. The van der Waals surface area contributed by atoms with Crippen molar-refractivity contribution in [2.24, 2.45) is 0 Å². The molecule has 3 rings (SSSR count).